The van der Waals surface area contributed by atoms with Gasteiger partial charge < -0.3 is 14.2 Å². The number of carbonyl (C=O) groups excluding carboxylic acids is 2. The Kier molecular flexibility index (Phi) is 8.89. The zero-order valence-corrected chi connectivity index (χ0v) is 18.9. The van der Waals surface area contributed by atoms with Crippen LogP contribution in [0, 0.1) is 10.1 Å². The van der Waals surface area contributed by atoms with E-state index in [4.69, 9.17) is 14.2 Å². The molecule has 35 heavy (non-hydrogen) atoms. The summed E-state index contributed by atoms with van der Waals surface area (Å²) in [5.41, 5.74) is 3.08. The minimum Gasteiger partial charge on any atom is -0.494 e. The van der Waals surface area contributed by atoms with Gasteiger partial charge in [-0.25, -0.2) is 10.2 Å². The van der Waals surface area contributed by atoms with E-state index in [1.165, 1.54) is 24.4 Å². The van der Waals surface area contributed by atoms with Crippen LogP contribution in [-0.4, -0.2) is 36.2 Å². The second-order valence-corrected chi connectivity index (χ2v) is 7.14. The molecule has 1 N–H and O–H groups in total. The third kappa shape index (κ3) is 7.67. The van der Waals surface area contributed by atoms with Gasteiger partial charge in [0.25, 0.3) is 5.91 Å². The van der Waals surface area contributed by atoms with Gasteiger partial charge in [-0.2, -0.15) is 5.10 Å². The number of rotatable bonds is 11. The highest BCUT2D eigenvalue weighted by Crippen LogP contribution is 2.25. The Morgan fingerprint density at radius 2 is 1.66 bits per heavy atom. The molecule has 0 heterocycles. The van der Waals surface area contributed by atoms with Gasteiger partial charge in [-0.15, -0.1) is 0 Å². The van der Waals surface area contributed by atoms with Crippen molar-refractivity contribution in [3.05, 3.63) is 94.0 Å². The van der Waals surface area contributed by atoms with Crippen LogP contribution in [0.5, 0.6) is 17.2 Å². The molecular formula is C25H23N3O7. The van der Waals surface area contributed by atoms with Crippen LogP contribution in [0.25, 0.3) is 0 Å². The quantitative estimate of drug-likeness (QED) is 0.144. The van der Waals surface area contributed by atoms with Crippen molar-refractivity contribution in [2.24, 2.45) is 5.10 Å². The van der Waals surface area contributed by atoms with Crippen LogP contribution in [0.3, 0.4) is 0 Å². The molecule has 3 aromatic rings. The second-order valence-electron chi connectivity index (χ2n) is 7.14. The van der Waals surface area contributed by atoms with Gasteiger partial charge in [0.05, 0.1) is 23.3 Å². The van der Waals surface area contributed by atoms with Gasteiger partial charge in [-0.05, 0) is 66.6 Å². The number of hydrazone groups is 1. The first-order valence-corrected chi connectivity index (χ1v) is 10.7. The van der Waals surface area contributed by atoms with Gasteiger partial charge in [-0.1, -0.05) is 19.1 Å². The third-order valence-electron chi connectivity index (χ3n) is 4.48. The smallest absolute Gasteiger partial charge is 0.343 e. The zero-order valence-electron chi connectivity index (χ0n) is 18.9. The average molecular weight is 477 g/mol. The molecule has 0 saturated carbocycles. The van der Waals surface area contributed by atoms with Crippen molar-refractivity contribution in [3.8, 4) is 17.2 Å². The van der Waals surface area contributed by atoms with Gasteiger partial charge in [0, 0.05) is 6.07 Å². The summed E-state index contributed by atoms with van der Waals surface area (Å²) in [6.07, 6.45) is 2.29. The minimum absolute atomic E-state index is 0.0115. The Hall–Kier alpha value is -4.73. The van der Waals surface area contributed by atoms with Crippen LogP contribution in [0.4, 0.5) is 5.69 Å². The fourth-order valence-electron chi connectivity index (χ4n) is 2.78. The molecule has 3 aromatic carbocycles. The lowest BCUT2D eigenvalue weighted by Gasteiger charge is -2.07. The Labute approximate surface area is 201 Å². The SMILES string of the molecule is CCCOc1ccc(C(=O)Oc2ccc(/C=N/NC(=O)COc3ccccc3[N+](=O)[O-])cc2)cc1. The number of hydrogen-bond donors (Lipinski definition) is 1. The number of nitro benzene ring substituents is 1. The van der Waals surface area contributed by atoms with Crippen LogP contribution >= 0.6 is 0 Å². The summed E-state index contributed by atoms with van der Waals surface area (Å²) in [7, 11) is 0. The standard InChI is InChI=1S/C25H23N3O7/c1-2-15-33-20-13-9-19(10-14-20)25(30)35-21-11-7-18(8-12-21)16-26-27-24(29)17-34-23-6-4-3-5-22(23)28(31)32/h3-14,16H,2,15,17H2,1H3,(H,27,29)/b26-16+. The summed E-state index contributed by atoms with van der Waals surface area (Å²) in [5, 5.41) is 14.8. The normalized spacial score (nSPS) is 10.5. The molecule has 3 rings (SSSR count). The van der Waals surface area contributed by atoms with Crippen LogP contribution < -0.4 is 19.6 Å². The van der Waals surface area contributed by atoms with E-state index in [9.17, 15) is 19.7 Å². The summed E-state index contributed by atoms with van der Waals surface area (Å²) < 4.78 is 16.0. The van der Waals surface area contributed by atoms with Crippen molar-refractivity contribution in [3.63, 3.8) is 0 Å². The minimum atomic E-state index is -0.592. The van der Waals surface area contributed by atoms with Gasteiger partial charge >= 0.3 is 11.7 Å². The second kappa shape index (κ2) is 12.5. The summed E-state index contributed by atoms with van der Waals surface area (Å²) in [6, 6.07) is 19.0. The number of carbonyl (C=O) groups is 2. The van der Waals surface area contributed by atoms with Crippen molar-refractivity contribution in [2.45, 2.75) is 13.3 Å². The fraction of sp³-hybridized carbons (Fsp3) is 0.160. The molecule has 0 aliphatic carbocycles. The third-order valence-corrected chi connectivity index (χ3v) is 4.48. The molecule has 0 aliphatic heterocycles. The molecule has 0 fully saturated rings. The highest BCUT2D eigenvalue weighted by molar-refractivity contribution is 5.91. The van der Waals surface area contributed by atoms with E-state index >= 15 is 0 Å². The average Bonchev–Trinajstić information content (AvgIpc) is 2.87. The van der Waals surface area contributed by atoms with Gasteiger partial charge in [-0.3, -0.25) is 14.9 Å². The molecule has 0 atom stereocenters. The summed E-state index contributed by atoms with van der Waals surface area (Å²) in [6.45, 7) is 2.18. The molecule has 0 spiro atoms. The number of amides is 1. The number of nitrogens with zero attached hydrogens (tertiary/aromatic N) is 2. The monoisotopic (exact) mass is 477 g/mol. The Balaban J connectivity index is 1.46. The predicted molar refractivity (Wildman–Crippen MR) is 128 cm³/mol. The number of esters is 1. The summed E-state index contributed by atoms with van der Waals surface area (Å²) >= 11 is 0. The number of benzene rings is 3. The maximum atomic E-state index is 12.3. The maximum Gasteiger partial charge on any atom is 0.343 e. The van der Waals surface area contributed by atoms with Crippen molar-refractivity contribution >= 4 is 23.8 Å². The van der Waals surface area contributed by atoms with Crippen molar-refractivity contribution in [1.29, 1.82) is 0 Å². The van der Waals surface area contributed by atoms with E-state index in [1.807, 2.05) is 6.92 Å². The fourth-order valence-corrected chi connectivity index (χ4v) is 2.78. The number of nitrogens with one attached hydrogen (secondary N) is 1. The van der Waals surface area contributed by atoms with Crippen molar-refractivity contribution in [1.82, 2.24) is 5.43 Å². The molecule has 0 saturated heterocycles. The van der Waals surface area contributed by atoms with E-state index in [-0.39, 0.29) is 11.4 Å². The number of para-hydroxylation sites is 2. The molecule has 0 unspecified atom stereocenters. The molecule has 10 heteroatoms. The molecule has 180 valence electrons. The van der Waals surface area contributed by atoms with Gasteiger partial charge in [0.15, 0.2) is 12.4 Å². The van der Waals surface area contributed by atoms with Crippen molar-refractivity contribution in [2.75, 3.05) is 13.2 Å². The first-order chi connectivity index (χ1) is 17.0. The predicted octanol–water partition coefficient (Wildman–Crippen LogP) is 4.13. The Morgan fingerprint density at radius 3 is 2.34 bits per heavy atom. The van der Waals surface area contributed by atoms with E-state index in [1.54, 1.807) is 54.6 Å². The number of nitro groups is 1. The van der Waals surface area contributed by atoms with E-state index < -0.39 is 23.4 Å². The zero-order chi connectivity index (χ0) is 25.0. The van der Waals surface area contributed by atoms with Crippen LogP contribution in [0.15, 0.2) is 77.9 Å². The number of hydrogen-bond acceptors (Lipinski definition) is 8. The van der Waals surface area contributed by atoms with Crippen LogP contribution in [0.1, 0.15) is 29.3 Å². The lowest BCUT2D eigenvalue weighted by Crippen LogP contribution is -2.24. The van der Waals surface area contributed by atoms with Gasteiger partial charge in [0.1, 0.15) is 11.5 Å². The highest BCUT2D eigenvalue weighted by atomic mass is 16.6. The van der Waals surface area contributed by atoms with E-state index in [0.717, 1.165) is 6.42 Å². The lowest BCUT2D eigenvalue weighted by atomic mass is 10.2. The molecule has 0 radical (unpaired) electrons. The van der Waals surface area contributed by atoms with Crippen LogP contribution in [0.2, 0.25) is 0 Å². The van der Waals surface area contributed by atoms with Crippen molar-refractivity contribution < 1.29 is 28.7 Å². The molecule has 0 aromatic heterocycles. The van der Waals surface area contributed by atoms with E-state index in [0.29, 0.717) is 29.2 Å². The maximum absolute atomic E-state index is 12.3. The highest BCUT2D eigenvalue weighted by Gasteiger charge is 2.14. The summed E-state index contributed by atoms with van der Waals surface area (Å²) in [4.78, 5) is 34.6. The molecule has 10 nitrogen and oxygen atoms in total. The first-order valence-electron chi connectivity index (χ1n) is 10.7. The largest absolute Gasteiger partial charge is 0.494 e. The molecule has 0 aliphatic rings. The van der Waals surface area contributed by atoms with Gasteiger partial charge in [0.2, 0.25) is 0 Å². The van der Waals surface area contributed by atoms with E-state index in [2.05, 4.69) is 10.5 Å². The topological polar surface area (TPSA) is 129 Å². The molecular weight excluding hydrogens is 454 g/mol. The Morgan fingerprint density at radius 1 is 0.971 bits per heavy atom. The lowest BCUT2D eigenvalue weighted by molar-refractivity contribution is -0.385. The summed E-state index contributed by atoms with van der Waals surface area (Å²) in [5.74, 6) is -0.0644. The number of ether oxygens (including phenoxy) is 3. The van der Waals surface area contributed by atoms with Crippen LogP contribution in [-0.2, 0) is 4.79 Å². The molecule has 1 amide bonds. The first kappa shape index (κ1) is 24.9. The Bertz CT molecular complexity index is 1190. The molecule has 0 bridgehead atoms.